The molecule has 23 heavy (non-hydrogen) atoms. The minimum Gasteiger partial charge on any atom is -0.478 e. The lowest BCUT2D eigenvalue weighted by molar-refractivity contribution is 0.0687. The van der Waals surface area contributed by atoms with Crippen LogP contribution in [0.25, 0.3) is 0 Å². The van der Waals surface area contributed by atoms with Crippen LogP contribution in [0.5, 0.6) is 0 Å². The normalized spacial score (nSPS) is 27.0. The predicted molar refractivity (Wildman–Crippen MR) is 91.7 cm³/mol. The molecule has 4 nitrogen and oxygen atoms in total. The third-order valence-corrected chi connectivity index (χ3v) is 5.52. The van der Waals surface area contributed by atoms with Gasteiger partial charge >= 0.3 is 5.97 Å². The minimum atomic E-state index is -0.855. The Morgan fingerprint density at radius 1 is 1.04 bits per heavy atom. The van der Waals surface area contributed by atoms with Crippen LogP contribution in [0.15, 0.2) is 24.3 Å². The molecule has 3 rings (SSSR count). The molecule has 4 heteroatoms. The second kappa shape index (κ2) is 7.45. The smallest absolute Gasteiger partial charge is 0.335 e. The lowest BCUT2D eigenvalue weighted by Crippen LogP contribution is -2.50. The summed E-state index contributed by atoms with van der Waals surface area (Å²) < 4.78 is 0. The zero-order valence-electron chi connectivity index (χ0n) is 14.1. The highest BCUT2D eigenvalue weighted by atomic mass is 16.4. The molecule has 1 aliphatic heterocycles. The van der Waals surface area contributed by atoms with Gasteiger partial charge in [0, 0.05) is 38.8 Å². The molecule has 0 spiro atoms. The molecule has 1 aromatic rings. The lowest BCUT2D eigenvalue weighted by atomic mass is 9.86. The zero-order chi connectivity index (χ0) is 16.2. The minimum absolute atomic E-state index is 0.366. The fraction of sp³-hybridized carbons (Fsp3) is 0.632. The quantitative estimate of drug-likeness (QED) is 0.927. The fourth-order valence-corrected chi connectivity index (χ4v) is 3.91. The van der Waals surface area contributed by atoms with Crippen LogP contribution in [-0.2, 0) is 6.54 Å². The summed E-state index contributed by atoms with van der Waals surface area (Å²) in [6.07, 6.45) is 5.53. The summed E-state index contributed by atoms with van der Waals surface area (Å²) in [5.74, 6) is 0.0632. The van der Waals surface area contributed by atoms with Gasteiger partial charge in [-0.2, -0.15) is 0 Å². The fourth-order valence-electron chi connectivity index (χ4n) is 3.91. The van der Waals surface area contributed by atoms with E-state index in [-0.39, 0.29) is 0 Å². The number of carboxylic acids is 1. The van der Waals surface area contributed by atoms with Crippen LogP contribution in [0.3, 0.4) is 0 Å². The average molecular weight is 316 g/mol. The number of piperazine rings is 1. The van der Waals surface area contributed by atoms with Gasteiger partial charge in [0.05, 0.1) is 5.56 Å². The number of carboxylic acid groups (broad SMARTS) is 1. The third-order valence-electron chi connectivity index (χ3n) is 5.52. The second-order valence-electron chi connectivity index (χ2n) is 7.23. The van der Waals surface area contributed by atoms with Crippen molar-refractivity contribution in [2.75, 3.05) is 26.2 Å². The molecule has 0 bridgehead atoms. The van der Waals surface area contributed by atoms with Gasteiger partial charge in [0.1, 0.15) is 0 Å². The van der Waals surface area contributed by atoms with E-state index in [0.717, 1.165) is 31.6 Å². The van der Waals surface area contributed by atoms with Crippen molar-refractivity contribution in [2.24, 2.45) is 5.92 Å². The summed E-state index contributed by atoms with van der Waals surface area (Å²) in [5, 5.41) is 8.95. The Labute approximate surface area is 139 Å². The van der Waals surface area contributed by atoms with Gasteiger partial charge in [-0.25, -0.2) is 4.79 Å². The molecule has 1 saturated heterocycles. The summed E-state index contributed by atoms with van der Waals surface area (Å²) in [5.41, 5.74) is 1.57. The van der Waals surface area contributed by atoms with Crippen molar-refractivity contribution in [2.45, 2.75) is 45.2 Å². The first-order chi connectivity index (χ1) is 11.1. The van der Waals surface area contributed by atoms with E-state index in [9.17, 15) is 4.79 Å². The molecule has 2 fully saturated rings. The van der Waals surface area contributed by atoms with Crippen LogP contribution >= 0.6 is 0 Å². The monoisotopic (exact) mass is 316 g/mol. The number of rotatable bonds is 4. The van der Waals surface area contributed by atoms with Gasteiger partial charge in [0.25, 0.3) is 0 Å². The van der Waals surface area contributed by atoms with E-state index in [1.165, 1.54) is 44.3 Å². The van der Waals surface area contributed by atoms with Gasteiger partial charge < -0.3 is 5.11 Å². The van der Waals surface area contributed by atoms with Crippen LogP contribution in [0.2, 0.25) is 0 Å². The van der Waals surface area contributed by atoms with Gasteiger partial charge in [-0.05, 0) is 49.3 Å². The first kappa shape index (κ1) is 16.5. The molecule has 126 valence electrons. The summed E-state index contributed by atoms with van der Waals surface area (Å²) in [6.45, 7) is 7.89. The Morgan fingerprint density at radius 3 is 2.22 bits per heavy atom. The molecule has 2 aliphatic rings. The maximum atomic E-state index is 10.9. The highest BCUT2D eigenvalue weighted by molar-refractivity contribution is 5.87. The Kier molecular flexibility index (Phi) is 5.34. The molecule has 1 saturated carbocycles. The first-order valence-corrected chi connectivity index (χ1v) is 8.90. The van der Waals surface area contributed by atoms with E-state index in [1.807, 2.05) is 12.1 Å². The number of hydrogen-bond donors (Lipinski definition) is 1. The van der Waals surface area contributed by atoms with E-state index in [0.29, 0.717) is 5.56 Å². The maximum absolute atomic E-state index is 10.9. The van der Waals surface area contributed by atoms with E-state index in [1.54, 1.807) is 12.1 Å². The van der Waals surface area contributed by atoms with Crippen molar-refractivity contribution < 1.29 is 9.90 Å². The van der Waals surface area contributed by atoms with Crippen molar-refractivity contribution in [1.82, 2.24) is 9.80 Å². The van der Waals surface area contributed by atoms with E-state index < -0.39 is 5.97 Å². The molecule has 0 atom stereocenters. The van der Waals surface area contributed by atoms with Crippen molar-refractivity contribution >= 4 is 5.97 Å². The molecular weight excluding hydrogens is 288 g/mol. The topological polar surface area (TPSA) is 43.8 Å². The van der Waals surface area contributed by atoms with E-state index in [4.69, 9.17) is 5.11 Å². The molecule has 1 aliphatic carbocycles. The van der Waals surface area contributed by atoms with Crippen molar-refractivity contribution in [3.63, 3.8) is 0 Å². The van der Waals surface area contributed by atoms with E-state index >= 15 is 0 Å². The second-order valence-corrected chi connectivity index (χ2v) is 7.23. The zero-order valence-corrected chi connectivity index (χ0v) is 14.1. The summed E-state index contributed by atoms with van der Waals surface area (Å²) in [7, 11) is 0. The van der Waals surface area contributed by atoms with Gasteiger partial charge in [-0.1, -0.05) is 19.1 Å². The number of nitrogens with zero attached hydrogens (tertiary/aromatic N) is 2. The van der Waals surface area contributed by atoms with Gasteiger partial charge in [0.15, 0.2) is 0 Å². The van der Waals surface area contributed by atoms with Crippen molar-refractivity contribution in [3.8, 4) is 0 Å². The SMILES string of the molecule is CC1CCC(N2CCN(Cc3ccc(C(=O)O)cc3)CC2)CC1. The molecule has 1 N–H and O–H groups in total. The van der Waals surface area contributed by atoms with Crippen LogP contribution in [0.4, 0.5) is 0 Å². The number of carbonyl (C=O) groups is 1. The number of benzene rings is 1. The average Bonchev–Trinajstić information content (AvgIpc) is 2.57. The summed E-state index contributed by atoms with van der Waals surface area (Å²) >= 11 is 0. The first-order valence-electron chi connectivity index (χ1n) is 8.90. The van der Waals surface area contributed by atoms with Crippen LogP contribution < -0.4 is 0 Å². The Hall–Kier alpha value is -1.39. The largest absolute Gasteiger partial charge is 0.478 e. The molecule has 0 unspecified atom stereocenters. The van der Waals surface area contributed by atoms with Crippen molar-refractivity contribution in [1.29, 1.82) is 0 Å². The van der Waals surface area contributed by atoms with Crippen LogP contribution in [0, 0.1) is 5.92 Å². The van der Waals surface area contributed by atoms with Gasteiger partial charge in [0.2, 0.25) is 0 Å². The molecule has 1 heterocycles. The highest BCUT2D eigenvalue weighted by Crippen LogP contribution is 2.27. The Balaban J connectivity index is 1.46. The summed E-state index contributed by atoms with van der Waals surface area (Å²) in [4.78, 5) is 16.1. The van der Waals surface area contributed by atoms with Crippen molar-refractivity contribution in [3.05, 3.63) is 35.4 Å². The number of hydrogen-bond acceptors (Lipinski definition) is 3. The standard InChI is InChI=1S/C19H28N2O2/c1-15-2-8-18(9-3-15)21-12-10-20(11-13-21)14-16-4-6-17(7-5-16)19(22)23/h4-7,15,18H,2-3,8-14H2,1H3,(H,22,23). The van der Waals surface area contributed by atoms with Crippen LogP contribution in [-0.4, -0.2) is 53.1 Å². The molecule has 0 aromatic heterocycles. The number of aromatic carboxylic acids is 1. The van der Waals surface area contributed by atoms with E-state index in [2.05, 4.69) is 16.7 Å². The molecule has 0 amide bonds. The molecule has 0 radical (unpaired) electrons. The summed E-state index contributed by atoms with van der Waals surface area (Å²) in [6, 6.07) is 8.11. The van der Waals surface area contributed by atoms with Gasteiger partial charge in [-0.3, -0.25) is 9.80 Å². The molecule has 1 aromatic carbocycles. The lowest BCUT2D eigenvalue weighted by Gasteiger charge is -2.41. The predicted octanol–water partition coefficient (Wildman–Crippen LogP) is 3.08. The Bertz CT molecular complexity index is 513. The highest BCUT2D eigenvalue weighted by Gasteiger charge is 2.26. The maximum Gasteiger partial charge on any atom is 0.335 e. The van der Waals surface area contributed by atoms with Crippen LogP contribution in [0.1, 0.15) is 48.5 Å². The third kappa shape index (κ3) is 4.33. The Morgan fingerprint density at radius 2 is 1.65 bits per heavy atom. The van der Waals surface area contributed by atoms with Gasteiger partial charge in [-0.15, -0.1) is 0 Å². The molecular formula is C19H28N2O2.